The van der Waals surface area contributed by atoms with E-state index >= 15 is 0 Å². The fraction of sp³-hybridized carbons (Fsp3) is 0.455. The summed E-state index contributed by atoms with van der Waals surface area (Å²) in [5.74, 6) is -0.160. The van der Waals surface area contributed by atoms with Gasteiger partial charge in [0, 0.05) is 18.8 Å². The summed E-state index contributed by atoms with van der Waals surface area (Å²) in [5, 5.41) is 18.7. The first-order chi connectivity index (χ1) is 8.38. The molecule has 0 unspecified atom stereocenters. The summed E-state index contributed by atoms with van der Waals surface area (Å²) < 4.78 is 25.2. The number of hydrogen-bond acceptors (Lipinski definition) is 5. The summed E-state index contributed by atoms with van der Waals surface area (Å²) >= 11 is 0. The Morgan fingerprint density at radius 1 is 1.17 bits per heavy atom. The summed E-state index contributed by atoms with van der Waals surface area (Å²) in [5.41, 5.74) is 6.72. The van der Waals surface area contributed by atoms with Gasteiger partial charge in [-0.3, -0.25) is 0 Å². The quantitative estimate of drug-likeness (QED) is 0.621. The molecule has 1 aromatic carbocycles. The molecule has 2 atom stereocenters. The second-order valence-electron chi connectivity index (χ2n) is 4.45. The van der Waals surface area contributed by atoms with Crippen molar-refractivity contribution in [2.75, 3.05) is 18.8 Å². The van der Waals surface area contributed by atoms with Gasteiger partial charge < -0.3 is 15.9 Å². The standard InChI is InChI=1S/C11H16N2O4S/c12-9-3-1-8(2-4-9)7-18(16,17)13-5-10(14)11(15)6-13/h1-4,10-11,14-15H,5-7,12H2/t10-,11+. The van der Waals surface area contributed by atoms with Gasteiger partial charge >= 0.3 is 0 Å². The lowest BCUT2D eigenvalue weighted by molar-refractivity contribution is 0.0572. The van der Waals surface area contributed by atoms with Crippen LogP contribution in [0, 0.1) is 0 Å². The normalized spacial score (nSPS) is 25.4. The van der Waals surface area contributed by atoms with Gasteiger partial charge in [0.1, 0.15) is 0 Å². The number of rotatable bonds is 3. The maximum Gasteiger partial charge on any atom is 0.218 e. The van der Waals surface area contributed by atoms with E-state index in [4.69, 9.17) is 5.73 Å². The van der Waals surface area contributed by atoms with Crippen molar-refractivity contribution in [3.63, 3.8) is 0 Å². The lowest BCUT2D eigenvalue weighted by Gasteiger charge is -2.15. The zero-order chi connectivity index (χ0) is 13.3. The number of hydrogen-bond donors (Lipinski definition) is 3. The van der Waals surface area contributed by atoms with Gasteiger partial charge in [0.15, 0.2) is 0 Å². The average molecular weight is 272 g/mol. The molecule has 0 spiro atoms. The molecule has 0 aromatic heterocycles. The number of nitrogen functional groups attached to an aromatic ring is 1. The SMILES string of the molecule is Nc1ccc(CS(=O)(=O)N2C[C@@H](O)[C@@H](O)C2)cc1. The van der Waals surface area contributed by atoms with Gasteiger partial charge in [-0.15, -0.1) is 0 Å². The van der Waals surface area contributed by atoms with Crippen LogP contribution in [0.3, 0.4) is 0 Å². The predicted molar refractivity (Wildman–Crippen MR) is 67.1 cm³/mol. The lowest BCUT2D eigenvalue weighted by atomic mass is 10.2. The first-order valence-corrected chi connectivity index (χ1v) is 7.18. The van der Waals surface area contributed by atoms with E-state index in [0.717, 1.165) is 4.31 Å². The van der Waals surface area contributed by atoms with Gasteiger partial charge in [0.05, 0.1) is 18.0 Å². The molecule has 7 heteroatoms. The van der Waals surface area contributed by atoms with Crippen LogP contribution in [0.4, 0.5) is 5.69 Å². The first-order valence-electron chi connectivity index (χ1n) is 5.57. The van der Waals surface area contributed by atoms with Crippen LogP contribution >= 0.6 is 0 Å². The van der Waals surface area contributed by atoms with Crippen molar-refractivity contribution in [3.8, 4) is 0 Å². The molecular weight excluding hydrogens is 256 g/mol. The van der Waals surface area contributed by atoms with Gasteiger partial charge in [-0.05, 0) is 17.7 Å². The van der Waals surface area contributed by atoms with Crippen LogP contribution in [0.5, 0.6) is 0 Å². The van der Waals surface area contributed by atoms with E-state index in [2.05, 4.69) is 0 Å². The molecule has 6 nitrogen and oxygen atoms in total. The zero-order valence-corrected chi connectivity index (χ0v) is 10.5. The Morgan fingerprint density at radius 2 is 1.67 bits per heavy atom. The molecular formula is C11H16N2O4S. The Hall–Kier alpha value is -1.15. The van der Waals surface area contributed by atoms with E-state index in [1.807, 2.05) is 0 Å². The molecule has 2 rings (SSSR count). The molecule has 0 radical (unpaired) electrons. The number of anilines is 1. The van der Waals surface area contributed by atoms with Crippen LogP contribution in [0.25, 0.3) is 0 Å². The molecule has 0 aliphatic carbocycles. The first kappa shape index (κ1) is 13.3. The van der Waals surface area contributed by atoms with Crippen molar-refractivity contribution in [3.05, 3.63) is 29.8 Å². The third-order valence-electron chi connectivity index (χ3n) is 2.95. The van der Waals surface area contributed by atoms with Crippen LogP contribution in [0.1, 0.15) is 5.56 Å². The Labute approximate surface area is 106 Å². The van der Waals surface area contributed by atoms with E-state index in [-0.39, 0.29) is 18.8 Å². The van der Waals surface area contributed by atoms with Crippen molar-refractivity contribution in [2.24, 2.45) is 0 Å². The van der Waals surface area contributed by atoms with E-state index in [0.29, 0.717) is 11.3 Å². The van der Waals surface area contributed by atoms with Crippen LogP contribution < -0.4 is 5.73 Å². The van der Waals surface area contributed by atoms with Crippen molar-refractivity contribution >= 4 is 15.7 Å². The third kappa shape index (κ3) is 2.81. The summed E-state index contributed by atoms with van der Waals surface area (Å²) in [6.07, 6.45) is -2.02. The molecule has 1 fully saturated rings. The highest BCUT2D eigenvalue weighted by Crippen LogP contribution is 2.18. The fourth-order valence-electron chi connectivity index (χ4n) is 1.88. The minimum absolute atomic E-state index is 0.0571. The van der Waals surface area contributed by atoms with Crippen LogP contribution in [-0.2, 0) is 15.8 Å². The largest absolute Gasteiger partial charge is 0.399 e. The summed E-state index contributed by atoms with van der Waals surface area (Å²) in [6.45, 7) is -0.114. The van der Waals surface area contributed by atoms with Gasteiger partial charge in [0.2, 0.25) is 10.0 Å². The summed E-state index contributed by atoms with van der Waals surface area (Å²) in [6, 6.07) is 6.57. The Balaban J connectivity index is 2.10. The monoisotopic (exact) mass is 272 g/mol. The molecule has 1 heterocycles. The van der Waals surface area contributed by atoms with Crippen molar-refractivity contribution < 1.29 is 18.6 Å². The molecule has 100 valence electrons. The van der Waals surface area contributed by atoms with Crippen LogP contribution in [-0.4, -0.2) is 48.2 Å². The van der Waals surface area contributed by atoms with Crippen LogP contribution in [0.2, 0.25) is 0 Å². The molecule has 0 amide bonds. The molecule has 1 aromatic rings. The highest BCUT2D eigenvalue weighted by atomic mass is 32.2. The van der Waals surface area contributed by atoms with Gasteiger partial charge in [-0.2, -0.15) is 4.31 Å². The number of aliphatic hydroxyl groups excluding tert-OH is 2. The van der Waals surface area contributed by atoms with Crippen molar-refractivity contribution in [1.82, 2.24) is 4.31 Å². The van der Waals surface area contributed by atoms with E-state index in [1.54, 1.807) is 24.3 Å². The van der Waals surface area contributed by atoms with Gasteiger partial charge in [-0.1, -0.05) is 12.1 Å². The number of nitrogens with two attached hydrogens (primary N) is 1. The molecule has 1 saturated heterocycles. The third-order valence-corrected chi connectivity index (χ3v) is 4.73. The molecule has 0 saturated carbocycles. The zero-order valence-electron chi connectivity index (χ0n) is 9.73. The number of sulfonamides is 1. The number of aliphatic hydroxyl groups is 2. The van der Waals surface area contributed by atoms with Gasteiger partial charge in [-0.25, -0.2) is 8.42 Å². The summed E-state index contributed by atoms with van der Waals surface area (Å²) in [7, 11) is -3.52. The Morgan fingerprint density at radius 3 is 2.17 bits per heavy atom. The van der Waals surface area contributed by atoms with E-state index in [1.165, 1.54) is 0 Å². The second kappa shape index (κ2) is 4.85. The second-order valence-corrected chi connectivity index (χ2v) is 6.42. The molecule has 18 heavy (non-hydrogen) atoms. The minimum atomic E-state index is -3.52. The topological polar surface area (TPSA) is 104 Å². The maximum absolute atomic E-state index is 12.1. The predicted octanol–water partition coefficient (Wildman–Crippen LogP) is -0.864. The molecule has 4 N–H and O–H groups in total. The van der Waals surface area contributed by atoms with Crippen molar-refractivity contribution in [1.29, 1.82) is 0 Å². The molecule has 1 aliphatic heterocycles. The van der Waals surface area contributed by atoms with Crippen LogP contribution in [0.15, 0.2) is 24.3 Å². The van der Waals surface area contributed by atoms with E-state index < -0.39 is 22.2 Å². The lowest BCUT2D eigenvalue weighted by Crippen LogP contribution is -2.31. The van der Waals surface area contributed by atoms with Crippen molar-refractivity contribution in [2.45, 2.75) is 18.0 Å². The maximum atomic E-state index is 12.1. The molecule has 1 aliphatic rings. The fourth-order valence-corrected chi connectivity index (χ4v) is 3.43. The highest BCUT2D eigenvalue weighted by Gasteiger charge is 2.36. The minimum Gasteiger partial charge on any atom is -0.399 e. The molecule has 0 bridgehead atoms. The highest BCUT2D eigenvalue weighted by molar-refractivity contribution is 7.88. The average Bonchev–Trinajstić information content (AvgIpc) is 2.63. The Bertz CT molecular complexity index is 504. The van der Waals surface area contributed by atoms with E-state index in [9.17, 15) is 18.6 Å². The smallest absolute Gasteiger partial charge is 0.218 e. The summed E-state index contributed by atoms with van der Waals surface area (Å²) in [4.78, 5) is 0. The van der Waals surface area contributed by atoms with Gasteiger partial charge in [0.25, 0.3) is 0 Å². The Kier molecular flexibility index (Phi) is 3.58. The number of β-amino-alcohol motifs (C(OH)–C–C–N with tert-alkyl or cyclic N) is 2. The number of benzene rings is 1. The number of nitrogens with zero attached hydrogens (tertiary/aromatic N) is 1.